The summed E-state index contributed by atoms with van der Waals surface area (Å²) >= 11 is 0. The van der Waals surface area contributed by atoms with Crippen LogP contribution in [-0.4, -0.2) is 28.2 Å². The molecule has 26 heavy (non-hydrogen) atoms. The van der Waals surface area contributed by atoms with Gasteiger partial charge < -0.3 is 15.6 Å². The fourth-order valence-corrected chi connectivity index (χ4v) is 3.56. The number of H-pyrrole nitrogens is 1. The summed E-state index contributed by atoms with van der Waals surface area (Å²) in [4.78, 5) is 41.9. The van der Waals surface area contributed by atoms with Crippen molar-refractivity contribution in [2.24, 2.45) is 5.73 Å². The number of hydrogen-bond donors (Lipinski definition) is 2. The number of primary amides is 1. The number of rotatable bonds is 2. The van der Waals surface area contributed by atoms with E-state index in [0.717, 1.165) is 11.1 Å². The van der Waals surface area contributed by atoms with Crippen LogP contribution in [0.3, 0.4) is 0 Å². The van der Waals surface area contributed by atoms with Gasteiger partial charge in [-0.05, 0) is 29.7 Å². The van der Waals surface area contributed by atoms with E-state index >= 15 is 0 Å². The predicted octanol–water partition coefficient (Wildman–Crippen LogP) is 1.75. The average Bonchev–Trinajstić information content (AvgIpc) is 2.66. The average molecular weight is 347 g/mol. The monoisotopic (exact) mass is 347 g/mol. The van der Waals surface area contributed by atoms with Crippen LogP contribution in [-0.2, 0) is 11.2 Å². The molecule has 1 atom stereocenters. The Morgan fingerprint density at radius 2 is 1.81 bits per heavy atom. The molecule has 6 nitrogen and oxygen atoms in total. The van der Waals surface area contributed by atoms with Crippen molar-refractivity contribution in [3.05, 3.63) is 81.6 Å². The summed E-state index contributed by atoms with van der Waals surface area (Å²) in [5.74, 6) is -1.00. The van der Waals surface area contributed by atoms with E-state index < -0.39 is 17.9 Å². The summed E-state index contributed by atoms with van der Waals surface area (Å²) in [6, 6.07) is 14.9. The number of hydrogen-bond acceptors (Lipinski definition) is 3. The number of para-hydroxylation sites is 1. The Balaban J connectivity index is 1.79. The number of aromatic amines is 1. The Labute approximate surface area is 149 Å². The SMILES string of the molecule is NC(=O)C1c2ccccc2CCN1C(=O)c1cc(=O)c2ccccc2[nH]1. The summed E-state index contributed by atoms with van der Waals surface area (Å²) in [5, 5.41) is 0.513. The van der Waals surface area contributed by atoms with E-state index in [1.54, 1.807) is 24.3 Å². The number of benzene rings is 2. The molecule has 1 aliphatic heterocycles. The molecule has 1 aliphatic rings. The molecule has 2 amide bonds. The molecule has 0 spiro atoms. The Kier molecular flexibility index (Phi) is 3.80. The van der Waals surface area contributed by atoms with E-state index in [0.29, 0.717) is 23.9 Å². The number of amides is 2. The zero-order valence-corrected chi connectivity index (χ0v) is 13.9. The molecule has 0 radical (unpaired) electrons. The van der Waals surface area contributed by atoms with Gasteiger partial charge in [-0.25, -0.2) is 0 Å². The highest BCUT2D eigenvalue weighted by atomic mass is 16.2. The van der Waals surface area contributed by atoms with E-state index in [2.05, 4.69) is 4.98 Å². The van der Waals surface area contributed by atoms with Crippen molar-refractivity contribution in [1.29, 1.82) is 0 Å². The maximum absolute atomic E-state index is 13.1. The van der Waals surface area contributed by atoms with E-state index in [1.165, 1.54) is 11.0 Å². The second-order valence-electron chi connectivity index (χ2n) is 6.35. The van der Waals surface area contributed by atoms with Gasteiger partial charge in [0.1, 0.15) is 11.7 Å². The molecule has 0 bridgehead atoms. The smallest absolute Gasteiger partial charge is 0.271 e. The first-order valence-corrected chi connectivity index (χ1v) is 8.36. The van der Waals surface area contributed by atoms with E-state index in [-0.39, 0.29) is 11.1 Å². The molecule has 0 aliphatic carbocycles. The Hall–Kier alpha value is -3.41. The molecule has 130 valence electrons. The normalized spacial score (nSPS) is 16.3. The molecule has 0 saturated carbocycles. The van der Waals surface area contributed by atoms with Gasteiger partial charge in [0.2, 0.25) is 5.91 Å². The molecule has 3 N–H and O–H groups in total. The number of aromatic nitrogens is 1. The molecule has 4 rings (SSSR count). The highest BCUT2D eigenvalue weighted by Gasteiger charge is 2.35. The summed E-state index contributed by atoms with van der Waals surface area (Å²) < 4.78 is 0. The summed E-state index contributed by atoms with van der Waals surface area (Å²) in [7, 11) is 0. The molecule has 3 aromatic rings. The number of fused-ring (bicyclic) bond motifs is 2. The standard InChI is InChI=1S/C20H17N3O3/c21-19(25)18-13-6-2-1-5-12(13)9-10-23(18)20(26)16-11-17(24)14-7-3-4-8-15(14)22-16/h1-8,11,18H,9-10H2,(H2,21,25)(H,22,24). The Bertz CT molecular complexity index is 1090. The number of nitrogens with zero attached hydrogens (tertiary/aromatic N) is 1. The molecular weight excluding hydrogens is 330 g/mol. The van der Waals surface area contributed by atoms with Crippen LogP contribution in [0.4, 0.5) is 0 Å². The summed E-state index contributed by atoms with van der Waals surface area (Å²) in [6.45, 7) is 0.359. The number of pyridine rings is 1. The van der Waals surface area contributed by atoms with Gasteiger partial charge in [0.15, 0.2) is 5.43 Å². The molecule has 0 saturated heterocycles. The lowest BCUT2D eigenvalue weighted by Crippen LogP contribution is -2.46. The van der Waals surface area contributed by atoms with Crippen molar-refractivity contribution in [1.82, 2.24) is 9.88 Å². The highest BCUT2D eigenvalue weighted by molar-refractivity contribution is 5.98. The van der Waals surface area contributed by atoms with Crippen LogP contribution in [0.5, 0.6) is 0 Å². The van der Waals surface area contributed by atoms with Crippen LogP contribution in [0.15, 0.2) is 59.4 Å². The zero-order valence-electron chi connectivity index (χ0n) is 13.9. The quantitative estimate of drug-likeness (QED) is 0.739. The minimum Gasteiger partial charge on any atom is -0.368 e. The maximum atomic E-state index is 13.1. The lowest BCUT2D eigenvalue weighted by atomic mass is 9.92. The van der Waals surface area contributed by atoms with Gasteiger partial charge in [-0.3, -0.25) is 14.4 Å². The van der Waals surface area contributed by atoms with Gasteiger partial charge in [-0.1, -0.05) is 36.4 Å². The zero-order chi connectivity index (χ0) is 18.3. The Morgan fingerprint density at radius 1 is 1.08 bits per heavy atom. The first-order valence-electron chi connectivity index (χ1n) is 8.36. The Morgan fingerprint density at radius 3 is 2.62 bits per heavy atom. The molecule has 0 fully saturated rings. The topological polar surface area (TPSA) is 96.3 Å². The first-order chi connectivity index (χ1) is 12.6. The largest absolute Gasteiger partial charge is 0.368 e. The molecule has 2 heterocycles. The van der Waals surface area contributed by atoms with Crippen LogP contribution in [0.25, 0.3) is 10.9 Å². The van der Waals surface area contributed by atoms with Gasteiger partial charge in [0, 0.05) is 23.5 Å². The minimum atomic E-state index is -0.845. The fraction of sp³-hybridized carbons (Fsp3) is 0.150. The van der Waals surface area contributed by atoms with Gasteiger partial charge in [-0.2, -0.15) is 0 Å². The van der Waals surface area contributed by atoms with Gasteiger partial charge in [-0.15, -0.1) is 0 Å². The lowest BCUT2D eigenvalue weighted by Gasteiger charge is -2.35. The van der Waals surface area contributed by atoms with Crippen LogP contribution in [0.1, 0.15) is 27.7 Å². The van der Waals surface area contributed by atoms with Crippen LogP contribution in [0.2, 0.25) is 0 Å². The van der Waals surface area contributed by atoms with Crippen molar-refractivity contribution in [2.75, 3.05) is 6.54 Å². The molecule has 2 aromatic carbocycles. The highest BCUT2D eigenvalue weighted by Crippen LogP contribution is 2.30. The number of carbonyl (C=O) groups excluding carboxylic acids is 2. The van der Waals surface area contributed by atoms with Gasteiger partial charge in [0.25, 0.3) is 5.91 Å². The van der Waals surface area contributed by atoms with Gasteiger partial charge >= 0.3 is 0 Å². The van der Waals surface area contributed by atoms with Crippen LogP contribution >= 0.6 is 0 Å². The van der Waals surface area contributed by atoms with E-state index in [4.69, 9.17) is 5.73 Å². The number of nitrogens with one attached hydrogen (secondary N) is 1. The number of carbonyl (C=O) groups is 2. The number of nitrogens with two attached hydrogens (primary N) is 1. The summed E-state index contributed by atoms with van der Waals surface area (Å²) in [5.41, 5.74) is 7.84. The van der Waals surface area contributed by atoms with Crippen LogP contribution < -0.4 is 11.2 Å². The van der Waals surface area contributed by atoms with Crippen LogP contribution in [0, 0.1) is 0 Å². The molecular formula is C20H17N3O3. The minimum absolute atomic E-state index is 0.152. The first kappa shape index (κ1) is 16.1. The predicted molar refractivity (Wildman–Crippen MR) is 97.7 cm³/mol. The molecule has 6 heteroatoms. The fourth-order valence-electron chi connectivity index (χ4n) is 3.56. The molecule has 1 unspecified atom stereocenters. The third-order valence-corrected chi connectivity index (χ3v) is 4.78. The third kappa shape index (κ3) is 2.56. The second-order valence-corrected chi connectivity index (χ2v) is 6.35. The van der Waals surface area contributed by atoms with Gasteiger partial charge in [0.05, 0.1) is 0 Å². The van der Waals surface area contributed by atoms with E-state index in [9.17, 15) is 14.4 Å². The maximum Gasteiger partial charge on any atom is 0.271 e. The summed E-state index contributed by atoms with van der Waals surface area (Å²) in [6.07, 6.45) is 0.628. The van der Waals surface area contributed by atoms with Crippen molar-refractivity contribution >= 4 is 22.7 Å². The third-order valence-electron chi connectivity index (χ3n) is 4.78. The van der Waals surface area contributed by atoms with Crippen molar-refractivity contribution < 1.29 is 9.59 Å². The van der Waals surface area contributed by atoms with Crippen molar-refractivity contribution in [2.45, 2.75) is 12.5 Å². The lowest BCUT2D eigenvalue weighted by molar-refractivity contribution is -0.123. The van der Waals surface area contributed by atoms with E-state index in [1.807, 2.05) is 24.3 Å². The van der Waals surface area contributed by atoms with Crippen molar-refractivity contribution in [3.8, 4) is 0 Å². The van der Waals surface area contributed by atoms with Crippen molar-refractivity contribution in [3.63, 3.8) is 0 Å². The molecule has 1 aromatic heterocycles. The second kappa shape index (κ2) is 6.15.